The molecule has 2 aromatic rings. The van der Waals surface area contributed by atoms with E-state index in [2.05, 4.69) is 12.1 Å². The summed E-state index contributed by atoms with van der Waals surface area (Å²) in [5.74, 6) is 0. The number of aryl methyl sites for hydroxylation is 1. The van der Waals surface area contributed by atoms with Crippen LogP contribution in [0.3, 0.4) is 0 Å². The molecule has 0 saturated heterocycles. The number of fused-ring (bicyclic) bond motifs is 1. The first-order valence-electron chi connectivity index (χ1n) is 4.32. The maximum atomic E-state index is 9.04. The van der Waals surface area contributed by atoms with Crippen LogP contribution in [0.1, 0.15) is 11.3 Å². The Balaban J connectivity index is 2.83. The highest BCUT2D eigenvalue weighted by Gasteiger charge is 2.07. The van der Waals surface area contributed by atoms with E-state index >= 15 is 0 Å². The van der Waals surface area contributed by atoms with Crippen LogP contribution in [0.25, 0.3) is 5.52 Å². The van der Waals surface area contributed by atoms with Crippen molar-refractivity contribution in [1.29, 1.82) is 5.26 Å². The lowest BCUT2D eigenvalue weighted by atomic mass is 10.3. The summed E-state index contributed by atoms with van der Waals surface area (Å²) in [5.41, 5.74) is 2.98. The van der Waals surface area contributed by atoms with Gasteiger partial charge in [-0.25, -0.2) is 0 Å². The van der Waals surface area contributed by atoms with Gasteiger partial charge in [0.2, 0.25) is 0 Å². The second kappa shape index (κ2) is 3.39. The van der Waals surface area contributed by atoms with Crippen LogP contribution in [-0.4, -0.2) is 10.7 Å². The highest BCUT2D eigenvalue weighted by atomic mass is 32.2. The third-order valence-corrected chi connectivity index (χ3v) is 2.96. The Hall–Kier alpha value is -1.40. The smallest absolute Gasteiger partial charge is 0.138 e. The van der Waals surface area contributed by atoms with Crippen molar-refractivity contribution in [3.8, 4) is 6.07 Å². The molecule has 14 heavy (non-hydrogen) atoms. The Kier molecular flexibility index (Phi) is 2.22. The summed E-state index contributed by atoms with van der Waals surface area (Å²) >= 11 is 1.61. The van der Waals surface area contributed by atoms with Crippen LogP contribution in [0.5, 0.6) is 0 Å². The molecule has 70 valence electrons. The number of thioether (sulfide) groups is 1. The number of hydrogen-bond donors (Lipinski definition) is 0. The normalized spacial score (nSPS) is 10.4. The number of nitriles is 1. The summed E-state index contributed by atoms with van der Waals surface area (Å²) < 4.78 is 1.95. The van der Waals surface area contributed by atoms with Gasteiger partial charge in [0.05, 0.1) is 0 Å². The van der Waals surface area contributed by atoms with Gasteiger partial charge in [-0.2, -0.15) is 5.26 Å². The van der Waals surface area contributed by atoms with E-state index in [1.54, 1.807) is 11.8 Å². The Morgan fingerprint density at radius 2 is 2.21 bits per heavy atom. The first-order chi connectivity index (χ1) is 6.76. The van der Waals surface area contributed by atoms with Gasteiger partial charge in [-0.3, -0.25) is 0 Å². The van der Waals surface area contributed by atoms with Gasteiger partial charge in [0.15, 0.2) is 0 Å². The Labute approximate surface area is 87.2 Å². The summed E-state index contributed by atoms with van der Waals surface area (Å²) in [5, 5.41) is 9.04. The molecule has 0 N–H and O–H groups in total. The molecular weight excluding hydrogens is 192 g/mol. The molecule has 2 heterocycles. The number of rotatable bonds is 1. The zero-order valence-corrected chi connectivity index (χ0v) is 8.93. The Morgan fingerprint density at radius 1 is 1.43 bits per heavy atom. The minimum Gasteiger partial charge on any atom is -0.307 e. The molecule has 0 spiro atoms. The van der Waals surface area contributed by atoms with Crippen LogP contribution in [0.15, 0.2) is 29.3 Å². The van der Waals surface area contributed by atoms with Crippen LogP contribution >= 0.6 is 11.8 Å². The number of nitrogens with zero attached hydrogens (tertiary/aromatic N) is 2. The highest BCUT2D eigenvalue weighted by Crippen LogP contribution is 2.24. The van der Waals surface area contributed by atoms with Crippen molar-refractivity contribution < 1.29 is 0 Å². The second-order valence-electron chi connectivity index (χ2n) is 3.17. The molecule has 0 radical (unpaired) electrons. The van der Waals surface area contributed by atoms with Gasteiger partial charge in [-0.15, -0.1) is 11.8 Å². The van der Waals surface area contributed by atoms with Crippen LogP contribution in [0, 0.1) is 18.3 Å². The van der Waals surface area contributed by atoms with E-state index in [0.717, 1.165) is 21.7 Å². The number of hydrogen-bond acceptors (Lipinski definition) is 2. The van der Waals surface area contributed by atoms with Crippen molar-refractivity contribution in [2.45, 2.75) is 11.8 Å². The van der Waals surface area contributed by atoms with Crippen LogP contribution in [-0.2, 0) is 0 Å². The average Bonchev–Trinajstić information content (AvgIpc) is 2.54. The molecule has 0 aliphatic carbocycles. The van der Waals surface area contributed by atoms with Gasteiger partial charge in [0, 0.05) is 16.6 Å². The van der Waals surface area contributed by atoms with E-state index in [4.69, 9.17) is 5.26 Å². The standard InChI is InChI=1S/C11H10N2S/c1-8-3-4-9-5-11(14-2)10(6-12)13(9)7-8/h3-5,7H,1-2H3. The van der Waals surface area contributed by atoms with Crippen molar-refractivity contribution in [3.05, 3.63) is 35.7 Å². The maximum Gasteiger partial charge on any atom is 0.138 e. The van der Waals surface area contributed by atoms with Crippen LogP contribution in [0.2, 0.25) is 0 Å². The molecule has 0 aliphatic heterocycles. The lowest BCUT2D eigenvalue weighted by molar-refractivity contribution is 1.11. The molecule has 2 rings (SSSR count). The predicted octanol–water partition coefficient (Wildman–Crippen LogP) is 2.84. The van der Waals surface area contributed by atoms with E-state index in [-0.39, 0.29) is 0 Å². The summed E-state index contributed by atoms with van der Waals surface area (Å²) in [6, 6.07) is 8.38. The van der Waals surface area contributed by atoms with E-state index in [0.29, 0.717) is 0 Å². The van der Waals surface area contributed by atoms with Gasteiger partial charge in [-0.05, 0) is 30.9 Å². The maximum absolute atomic E-state index is 9.04. The van der Waals surface area contributed by atoms with Gasteiger partial charge >= 0.3 is 0 Å². The summed E-state index contributed by atoms with van der Waals surface area (Å²) in [4.78, 5) is 1.04. The molecule has 2 nitrogen and oxygen atoms in total. The number of aromatic nitrogens is 1. The highest BCUT2D eigenvalue weighted by molar-refractivity contribution is 7.98. The molecule has 0 atom stereocenters. The largest absolute Gasteiger partial charge is 0.307 e. The molecule has 0 bridgehead atoms. The molecule has 0 amide bonds. The molecular formula is C11H10N2S. The van der Waals surface area contributed by atoms with Crippen molar-refractivity contribution in [2.24, 2.45) is 0 Å². The first-order valence-corrected chi connectivity index (χ1v) is 5.54. The minimum absolute atomic E-state index is 0.733. The van der Waals surface area contributed by atoms with E-state index in [9.17, 15) is 0 Å². The summed E-state index contributed by atoms with van der Waals surface area (Å²) in [6.07, 6.45) is 3.98. The van der Waals surface area contributed by atoms with Crippen molar-refractivity contribution in [3.63, 3.8) is 0 Å². The summed E-state index contributed by atoms with van der Waals surface area (Å²) in [7, 11) is 0. The van der Waals surface area contributed by atoms with Gasteiger partial charge in [0.1, 0.15) is 11.8 Å². The Morgan fingerprint density at radius 3 is 2.86 bits per heavy atom. The topological polar surface area (TPSA) is 28.2 Å². The Bertz CT molecular complexity index is 520. The molecule has 0 unspecified atom stereocenters. The molecule has 0 saturated carbocycles. The van der Waals surface area contributed by atoms with Gasteiger partial charge < -0.3 is 4.40 Å². The second-order valence-corrected chi connectivity index (χ2v) is 4.02. The first kappa shape index (κ1) is 9.17. The third-order valence-electron chi connectivity index (χ3n) is 2.21. The molecule has 3 heteroatoms. The van der Waals surface area contributed by atoms with Crippen LogP contribution < -0.4 is 0 Å². The molecule has 0 aromatic carbocycles. The van der Waals surface area contributed by atoms with Crippen molar-refractivity contribution in [1.82, 2.24) is 4.40 Å². The van der Waals surface area contributed by atoms with Crippen molar-refractivity contribution in [2.75, 3.05) is 6.26 Å². The molecule has 0 fully saturated rings. The molecule has 2 aromatic heterocycles. The average molecular weight is 202 g/mol. The lowest BCUT2D eigenvalue weighted by Crippen LogP contribution is -1.88. The molecule has 0 aliphatic rings. The van der Waals surface area contributed by atoms with Gasteiger partial charge in [0.25, 0.3) is 0 Å². The zero-order valence-electron chi connectivity index (χ0n) is 8.11. The van der Waals surface area contributed by atoms with E-state index in [1.807, 2.05) is 35.9 Å². The van der Waals surface area contributed by atoms with E-state index < -0.39 is 0 Å². The fraction of sp³-hybridized carbons (Fsp3) is 0.182. The van der Waals surface area contributed by atoms with Crippen molar-refractivity contribution >= 4 is 17.3 Å². The SMILES string of the molecule is CSc1cc2ccc(C)cn2c1C#N. The fourth-order valence-electron chi connectivity index (χ4n) is 1.52. The monoisotopic (exact) mass is 202 g/mol. The summed E-state index contributed by atoms with van der Waals surface area (Å²) in [6.45, 7) is 2.03. The quantitative estimate of drug-likeness (QED) is 0.665. The van der Waals surface area contributed by atoms with Gasteiger partial charge in [-0.1, -0.05) is 6.07 Å². The third kappa shape index (κ3) is 1.28. The zero-order chi connectivity index (χ0) is 10.1. The lowest BCUT2D eigenvalue weighted by Gasteiger charge is -1.97. The fourth-order valence-corrected chi connectivity index (χ4v) is 2.09. The predicted molar refractivity (Wildman–Crippen MR) is 58.6 cm³/mol. The van der Waals surface area contributed by atoms with E-state index in [1.165, 1.54) is 0 Å². The number of pyridine rings is 1. The van der Waals surface area contributed by atoms with Crippen LogP contribution in [0.4, 0.5) is 0 Å². The minimum atomic E-state index is 0.733.